The van der Waals surface area contributed by atoms with Crippen molar-refractivity contribution < 1.29 is 9.53 Å². The fourth-order valence-corrected chi connectivity index (χ4v) is 1.17. The predicted octanol–water partition coefficient (Wildman–Crippen LogP) is 1.98. The number of nitrogens with two attached hydrogens (primary N) is 1. The molecule has 2 N–H and O–H groups in total. The minimum Gasteiger partial charge on any atom is -0.449 e. The van der Waals surface area contributed by atoms with E-state index < -0.39 is 6.09 Å². The maximum atomic E-state index is 10.2. The Morgan fingerprint density at radius 3 is 2.92 bits per heavy atom. The number of hydrogen-bond acceptors (Lipinski definition) is 2. The van der Waals surface area contributed by atoms with Crippen molar-refractivity contribution in [3.63, 3.8) is 0 Å². The summed E-state index contributed by atoms with van der Waals surface area (Å²) in [7, 11) is 0. The molecule has 0 radical (unpaired) electrons. The zero-order valence-electron chi connectivity index (χ0n) is 7.00. The van der Waals surface area contributed by atoms with Crippen LogP contribution in [-0.4, -0.2) is 12.7 Å². The molecular formula is C9H10ClNO2. The van der Waals surface area contributed by atoms with E-state index >= 15 is 0 Å². The van der Waals surface area contributed by atoms with E-state index in [2.05, 4.69) is 4.74 Å². The average Bonchev–Trinajstić information content (AvgIpc) is 2.03. The molecule has 3 nitrogen and oxygen atoms in total. The molecule has 1 amide bonds. The van der Waals surface area contributed by atoms with Crippen LogP contribution in [0.15, 0.2) is 24.3 Å². The molecule has 0 spiro atoms. The maximum absolute atomic E-state index is 10.2. The molecule has 0 atom stereocenters. The fraction of sp³-hybridized carbons (Fsp3) is 0.222. The summed E-state index contributed by atoms with van der Waals surface area (Å²) in [6, 6.07) is 7.38. The number of amides is 1. The highest BCUT2D eigenvalue weighted by Crippen LogP contribution is 2.10. The van der Waals surface area contributed by atoms with Crippen LogP contribution in [0.2, 0.25) is 5.02 Å². The average molecular weight is 200 g/mol. The van der Waals surface area contributed by atoms with Gasteiger partial charge < -0.3 is 10.5 Å². The van der Waals surface area contributed by atoms with E-state index in [1.165, 1.54) is 0 Å². The van der Waals surface area contributed by atoms with Gasteiger partial charge in [0.2, 0.25) is 0 Å². The summed E-state index contributed by atoms with van der Waals surface area (Å²) in [5.41, 5.74) is 5.82. The van der Waals surface area contributed by atoms with Gasteiger partial charge in [0, 0.05) is 11.4 Å². The first kappa shape index (κ1) is 9.86. The molecule has 4 heteroatoms. The van der Waals surface area contributed by atoms with Gasteiger partial charge in [-0.05, 0) is 17.7 Å². The van der Waals surface area contributed by atoms with Crippen molar-refractivity contribution in [3.05, 3.63) is 34.9 Å². The van der Waals surface area contributed by atoms with Crippen LogP contribution in [0.5, 0.6) is 0 Å². The van der Waals surface area contributed by atoms with E-state index in [-0.39, 0.29) is 6.61 Å². The first-order valence-electron chi connectivity index (χ1n) is 3.85. The number of rotatable bonds is 3. The van der Waals surface area contributed by atoms with Crippen LogP contribution in [0.3, 0.4) is 0 Å². The molecule has 13 heavy (non-hydrogen) atoms. The number of primary amides is 1. The van der Waals surface area contributed by atoms with Crippen molar-refractivity contribution in [2.75, 3.05) is 6.61 Å². The second-order valence-electron chi connectivity index (χ2n) is 2.55. The number of benzene rings is 1. The lowest BCUT2D eigenvalue weighted by Crippen LogP contribution is -2.14. The van der Waals surface area contributed by atoms with Gasteiger partial charge in [0.15, 0.2) is 0 Å². The molecule has 1 rings (SSSR count). The zero-order valence-corrected chi connectivity index (χ0v) is 7.75. The summed E-state index contributed by atoms with van der Waals surface area (Å²) < 4.78 is 4.58. The molecule has 0 saturated heterocycles. The van der Waals surface area contributed by atoms with Gasteiger partial charge in [0.05, 0.1) is 6.61 Å². The fourth-order valence-electron chi connectivity index (χ4n) is 0.962. The Morgan fingerprint density at radius 2 is 2.31 bits per heavy atom. The van der Waals surface area contributed by atoms with Crippen LogP contribution in [0, 0.1) is 0 Å². The molecule has 0 unspecified atom stereocenters. The molecule has 0 fully saturated rings. The highest BCUT2D eigenvalue weighted by atomic mass is 35.5. The Morgan fingerprint density at radius 1 is 1.54 bits per heavy atom. The minimum atomic E-state index is -0.748. The summed E-state index contributed by atoms with van der Waals surface area (Å²) >= 11 is 5.75. The van der Waals surface area contributed by atoms with Gasteiger partial charge >= 0.3 is 6.09 Å². The molecule has 0 saturated carbocycles. The van der Waals surface area contributed by atoms with Crippen LogP contribution in [0.4, 0.5) is 4.79 Å². The maximum Gasteiger partial charge on any atom is 0.404 e. The van der Waals surface area contributed by atoms with Gasteiger partial charge in [-0.3, -0.25) is 0 Å². The Labute approximate surface area is 81.4 Å². The smallest absolute Gasteiger partial charge is 0.404 e. The number of hydrogen-bond donors (Lipinski definition) is 1. The third-order valence-electron chi connectivity index (χ3n) is 1.52. The van der Waals surface area contributed by atoms with Gasteiger partial charge in [-0.1, -0.05) is 23.7 Å². The topological polar surface area (TPSA) is 52.3 Å². The van der Waals surface area contributed by atoms with Crippen molar-refractivity contribution in [1.29, 1.82) is 0 Å². The monoisotopic (exact) mass is 199 g/mol. The van der Waals surface area contributed by atoms with E-state index in [1.54, 1.807) is 6.07 Å². The van der Waals surface area contributed by atoms with Crippen LogP contribution in [-0.2, 0) is 11.2 Å². The summed E-state index contributed by atoms with van der Waals surface area (Å²) in [6.07, 6.45) is -0.120. The first-order chi connectivity index (χ1) is 6.18. The van der Waals surface area contributed by atoms with Gasteiger partial charge in [-0.2, -0.15) is 0 Å². The van der Waals surface area contributed by atoms with Gasteiger partial charge in [-0.15, -0.1) is 0 Å². The van der Waals surface area contributed by atoms with Crippen LogP contribution in [0.25, 0.3) is 0 Å². The SMILES string of the molecule is NC(=O)OCCc1cccc(Cl)c1. The number of carbonyl (C=O) groups excluding carboxylic acids is 1. The van der Waals surface area contributed by atoms with E-state index in [9.17, 15) is 4.79 Å². The Kier molecular flexibility index (Phi) is 3.58. The van der Waals surface area contributed by atoms with Crippen molar-refractivity contribution in [2.24, 2.45) is 5.73 Å². The highest BCUT2D eigenvalue weighted by Gasteiger charge is 1.96. The van der Waals surface area contributed by atoms with E-state index in [1.807, 2.05) is 18.2 Å². The summed E-state index contributed by atoms with van der Waals surface area (Å²) in [4.78, 5) is 10.2. The number of carbonyl (C=O) groups is 1. The molecule has 1 aromatic carbocycles. The Balaban J connectivity index is 2.41. The minimum absolute atomic E-state index is 0.287. The lowest BCUT2D eigenvalue weighted by Gasteiger charge is -2.01. The van der Waals surface area contributed by atoms with Crippen molar-refractivity contribution in [1.82, 2.24) is 0 Å². The summed E-state index contributed by atoms with van der Waals surface area (Å²) in [6.45, 7) is 0.287. The molecule has 1 aromatic rings. The van der Waals surface area contributed by atoms with Crippen LogP contribution < -0.4 is 5.73 Å². The summed E-state index contributed by atoms with van der Waals surface area (Å²) in [5, 5.41) is 0.677. The quantitative estimate of drug-likeness (QED) is 0.809. The second kappa shape index (κ2) is 4.72. The van der Waals surface area contributed by atoms with Crippen molar-refractivity contribution in [2.45, 2.75) is 6.42 Å². The molecule has 0 aliphatic heterocycles. The van der Waals surface area contributed by atoms with Crippen molar-refractivity contribution >= 4 is 17.7 Å². The molecule has 0 aromatic heterocycles. The van der Waals surface area contributed by atoms with Gasteiger partial charge in [-0.25, -0.2) is 4.79 Å². The Hall–Kier alpha value is -1.22. The van der Waals surface area contributed by atoms with Gasteiger partial charge in [0.1, 0.15) is 0 Å². The second-order valence-corrected chi connectivity index (χ2v) is 2.98. The zero-order chi connectivity index (χ0) is 9.68. The largest absolute Gasteiger partial charge is 0.449 e. The lowest BCUT2D eigenvalue weighted by atomic mass is 10.2. The molecule has 0 aliphatic carbocycles. The number of ether oxygens (including phenoxy) is 1. The van der Waals surface area contributed by atoms with Crippen LogP contribution >= 0.6 is 11.6 Å². The summed E-state index contributed by atoms with van der Waals surface area (Å²) in [5.74, 6) is 0. The lowest BCUT2D eigenvalue weighted by molar-refractivity contribution is 0.158. The third-order valence-corrected chi connectivity index (χ3v) is 1.76. The van der Waals surface area contributed by atoms with E-state index in [0.29, 0.717) is 11.4 Å². The molecule has 70 valence electrons. The molecule has 0 heterocycles. The third kappa shape index (κ3) is 3.80. The van der Waals surface area contributed by atoms with E-state index in [0.717, 1.165) is 5.56 Å². The molecule has 0 bridgehead atoms. The van der Waals surface area contributed by atoms with Crippen molar-refractivity contribution in [3.8, 4) is 0 Å². The molecular weight excluding hydrogens is 190 g/mol. The highest BCUT2D eigenvalue weighted by molar-refractivity contribution is 6.30. The van der Waals surface area contributed by atoms with Gasteiger partial charge in [0.25, 0.3) is 0 Å². The first-order valence-corrected chi connectivity index (χ1v) is 4.23. The normalized spacial score (nSPS) is 9.62. The number of halogens is 1. The predicted molar refractivity (Wildman–Crippen MR) is 50.7 cm³/mol. The Bertz CT molecular complexity index is 301. The van der Waals surface area contributed by atoms with E-state index in [4.69, 9.17) is 17.3 Å². The molecule has 0 aliphatic rings. The standard InChI is InChI=1S/C9H10ClNO2/c10-8-3-1-2-7(6-8)4-5-13-9(11)12/h1-3,6H,4-5H2,(H2,11,12). The van der Waals surface area contributed by atoms with Crippen LogP contribution in [0.1, 0.15) is 5.56 Å².